The van der Waals surface area contributed by atoms with Crippen molar-refractivity contribution in [3.63, 3.8) is 0 Å². The van der Waals surface area contributed by atoms with Crippen LogP contribution in [0.1, 0.15) is 12.5 Å². The van der Waals surface area contributed by atoms with Crippen LogP contribution in [0.3, 0.4) is 0 Å². The van der Waals surface area contributed by atoms with Gasteiger partial charge in [0.2, 0.25) is 0 Å². The van der Waals surface area contributed by atoms with Crippen molar-refractivity contribution in [2.24, 2.45) is 0 Å². The Labute approximate surface area is 88.3 Å². The third-order valence-corrected chi connectivity index (χ3v) is 2.38. The Kier molecular flexibility index (Phi) is 2.64. The molecule has 1 aromatic carbocycles. The van der Waals surface area contributed by atoms with E-state index in [0.29, 0.717) is 6.42 Å². The van der Waals surface area contributed by atoms with Gasteiger partial charge in [-0.3, -0.25) is 0 Å². The van der Waals surface area contributed by atoms with Crippen molar-refractivity contribution in [2.45, 2.75) is 19.4 Å². The summed E-state index contributed by atoms with van der Waals surface area (Å²) in [7, 11) is 1.63. The van der Waals surface area contributed by atoms with Crippen molar-refractivity contribution in [3.05, 3.63) is 30.0 Å². The summed E-state index contributed by atoms with van der Waals surface area (Å²) in [6.45, 7) is 1.77. The zero-order chi connectivity index (χ0) is 10.8. The van der Waals surface area contributed by atoms with E-state index >= 15 is 0 Å². The van der Waals surface area contributed by atoms with Crippen LogP contribution >= 0.6 is 0 Å². The van der Waals surface area contributed by atoms with Crippen LogP contribution in [-0.4, -0.2) is 18.3 Å². The molecule has 0 saturated heterocycles. The van der Waals surface area contributed by atoms with Gasteiger partial charge in [0.1, 0.15) is 11.3 Å². The van der Waals surface area contributed by atoms with Crippen LogP contribution in [0.15, 0.2) is 28.9 Å². The molecule has 0 aliphatic carbocycles. The molecule has 0 spiro atoms. The van der Waals surface area contributed by atoms with Gasteiger partial charge in [-0.1, -0.05) is 0 Å². The summed E-state index contributed by atoms with van der Waals surface area (Å²) in [5.41, 5.74) is 1.83. The predicted octanol–water partition coefficient (Wildman–Crippen LogP) is 2.36. The van der Waals surface area contributed by atoms with Crippen LogP contribution in [-0.2, 0) is 6.42 Å². The van der Waals surface area contributed by atoms with E-state index in [-0.39, 0.29) is 6.10 Å². The Hall–Kier alpha value is -1.48. The minimum Gasteiger partial charge on any atom is -0.497 e. The molecule has 1 unspecified atom stereocenters. The predicted molar refractivity (Wildman–Crippen MR) is 58.2 cm³/mol. The van der Waals surface area contributed by atoms with Gasteiger partial charge in [0, 0.05) is 23.4 Å². The number of rotatable bonds is 3. The summed E-state index contributed by atoms with van der Waals surface area (Å²) < 4.78 is 10.5. The zero-order valence-corrected chi connectivity index (χ0v) is 8.86. The second-order valence-electron chi connectivity index (χ2n) is 3.68. The van der Waals surface area contributed by atoms with Gasteiger partial charge in [-0.25, -0.2) is 0 Å². The average molecular weight is 206 g/mol. The molecule has 1 aromatic heterocycles. The fourth-order valence-electron chi connectivity index (χ4n) is 1.67. The molecule has 80 valence electrons. The van der Waals surface area contributed by atoms with Crippen molar-refractivity contribution < 1.29 is 14.3 Å². The summed E-state index contributed by atoms with van der Waals surface area (Å²) in [5, 5.41) is 10.4. The fourth-order valence-corrected chi connectivity index (χ4v) is 1.67. The highest BCUT2D eigenvalue weighted by Crippen LogP contribution is 2.26. The Balaban J connectivity index is 2.43. The minimum absolute atomic E-state index is 0.354. The molecule has 1 atom stereocenters. The van der Waals surface area contributed by atoms with E-state index in [1.807, 2.05) is 18.2 Å². The molecule has 0 aliphatic rings. The molecule has 3 nitrogen and oxygen atoms in total. The molecule has 0 amide bonds. The molecule has 0 fully saturated rings. The van der Waals surface area contributed by atoms with E-state index < -0.39 is 0 Å². The number of methoxy groups -OCH3 is 1. The van der Waals surface area contributed by atoms with Crippen molar-refractivity contribution >= 4 is 11.0 Å². The second-order valence-corrected chi connectivity index (χ2v) is 3.68. The molecule has 1 N–H and O–H groups in total. The maximum atomic E-state index is 9.32. The van der Waals surface area contributed by atoms with Gasteiger partial charge in [0.25, 0.3) is 0 Å². The SMILES string of the molecule is COc1ccc2c(CC(C)O)coc2c1. The third-order valence-electron chi connectivity index (χ3n) is 2.38. The van der Waals surface area contributed by atoms with Crippen molar-refractivity contribution in [3.8, 4) is 5.75 Å². The average Bonchev–Trinajstić information content (AvgIpc) is 2.60. The van der Waals surface area contributed by atoms with Gasteiger partial charge < -0.3 is 14.3 Å². The van der Waals surface area contributed by atoms with Gasteiger partial charge >= 0.3 is 0 Å². The summed E-state index contributed by atoms with van der Waals surface area (Å²) >= 11 is 0. The highest BCUT2D eigenvalue weighted by Gasteiger charge is 2.08. The van der Waals surface area contributed by atoms with Crippen LogP contribution in [0.5, 0.6) is 5.75 Å². The summed E-state index contributed by atoms with van der Waals surface area (Å²) in [6.07, 6.45) is 1.95. The molecule has 2 rings (SSSR count). The molecule has 3 heteroatoms. The maximum Gasteiger partial charge on any atom is 0.137 e. The lowest BCUT2D eigenvalue weighted by atomic mass is 10.1. The third kappa shape index (κ3) is 1.97. The van der Waals surface area contributed by atoms with Crippen LogP contribution in [0, 0.1) is 0 Å². The first-order valence-electron chi connectivity index (χ1n) is 4.93. The Morgan fingerprint density at radius 1 is 1.47 bits per heavy atom. The summed E-state index contributed by atoms with van der Waals surface area (Å²) in [4.78, 5) is 0. The number of ether oxygens (including phenoxy) is 1. The first-order chi connectivity index (χ1) is 7.20. The smallest absolute Gasteiger partial charge is 0.137 e. The number of aliphatic hydroxyl groups excluding tert-OH is 1. The normalized spacial score (nSPS) is 13.0. The van der Waals surface area contributed by atoms with Crippen LogP contribution in [0.25, 0.3) is 11.0 Å². The van der Waals surface area contributed by atoms with E-state index in [1.54, 1.807) is 20.3 Å². The summed E-state index contributed by atoms with van der Waals surface area (Å²) in [5.74, 6) is 0.778. The maximum absolute atomic E-state index is 9.32. The number of hydrogen-bond acceptors (Lipinski definition) is 3. The molecule has 1 heterocycles. The Morgan fingerprint density at radius 3 is 2.93 bits per heavy atom. The lowest BCUT2D eigenvalue weighted by Gasteiger charge is -2.01. The quantitative estimate of drug-likeness (QED) is 0.838. The molecule has 2 aromatic rings. The van der Waals surface area contributed by atoms with Gasteiger partial charge in [-0.15, -0.1) is 0 Å². The van der Waals surface area contributed by atoms with Crippen molar-refractivity contribution in [1.82, 2.24) is 0 Å². The van der Waals surface area contributed by atoms with Crippen LogP contribution in [0.2, 0.25) is 0 Å². The molecule has 0 bridgehead atoms. The second kappa shape index (κ2) is 3.95. The van der Waals surface area contributed by atoms with E-state index in [9.17, 15) is 5.11 Å². The van der Waals surface area contributed by atoms with E-state index in [2.05, 4.69) is 0 Å². The lowest BCUT2D eigenvalue weighted by molar-refractivity contribution is 0.195. The first-order valence-corrected chi connectivity index (χ1v) is 4.93. The van der Waals surface area contributed by atoms with Gasteiger partial charge in [0.05, 0.1) is 19.5 Å². The van der Waals surface area contributed by atoms with Gasteiger partial charge in [-0.2, -0.15) is 0 Å². The highest BCUT2D eigenvalue weighted by atomic mass is 16.5. The molecule has 15 heavy (non-hydrogen) atoms. The van der Waals surface area contributed by atoms with E-state index in [0.717, 1.165) is 22.3 Å². The number of aliphatic hydroxyl groups is 1. The number of furan rings is 1. The van der Waals surface area contributed by atoms with Crippen LogP contribution in [0.4, 0.5) is 0 Å². The topological polar surface area (TPSA) is 42.6 Å². The van der Waals surface area contributed by atoms with E-state index in [4.69, 9.17) is 9.15 Å². The monoisotopic (exact) mass is 206 g/mol. The molecule has 0 aliphatic heterocycles. The highest BCUT2D eigenvalue weighted by molar-refractivity contribution is 5.82. The molecular weight excluding hydrogens is 192 g/mol. The largest absolute Gasteiger partial charge is 0.497 e. The standard InChI is InChI=1S/C12H14O3/c1-8(13)5-9-7-15-12-6-10(14-2)3-4-11(9)12/h3-4,6-8,13H,5H2,1-2H3. The number of fused-ring (bicyclic) bond motifs is 1. The Morgan fingerprint density at radius 2 is 2.27 bits per heavy atom. The number of hydrogen-bond donors (Lipinski definition) is 1. The van der Waals surface area contributed by atoms with E-state index in [1.165, 1.54) is 0 Å². The Bertz CT molecular complexity index is 457. The fraction of sp³-hybridized carbons (Fsp3) is 0.333. The van der Waals surface area contributed by atoms with Gasteiger partial charge in [-0.05, 0) is 19.1 Å². The molecule has 0 saturated carbocycles. The zero-order valence-electron chi connectivity index (χ0n) is 8.86. The number of benzene rings is 1. The molecular formula is C12H14O3. The van der Waals surface area contributed by atoms with Crippen molar-refractivity contribution in [1.29, 1.82) is 0 Å². The lowest BCUT2D eigenvalue weighted by Crippen LogP contribution is -2.03. The van der Waals surface area contributed by atoms with Gasteiger partial charge in [0.15, 0.2) is 0 Å². The summed E-state index contributed by atoms with van der Waals surface area (Å²) in [6, 6.07) is 5.69. The first kappa shape index (κ1) is 10.1. The molecule has 0 radical (unpaired) electrons. The minimum atomic E-state index is -0.354. The van der Waals surface area contributed by atoms with Crippen molar-refractivity contribution in [2.75, 3.05) is 7.11 Å². The van der Waals surface area contributed by atoms with Crippen LogP contribution < -0.4 is 4.74 Å².